The van der Waals surface area contributed by atoms with E-state index in [4.69, 9.17) is 0 Å². The van der Waals surface area contributed by atoms with Gasteiger partial charge in [-0.1, -0.05) is 0 Å². The molecule has 1 aliphatic carbocycles. The fourth-order valence-electron chi connectivity index (χ4n) is 1.97. The molecule has 2 heterocycles. The minimum absolute atomic E-state index is 0.713. The molecule has 0 unspecified atom stereocenters. The lowest BCUT2D eigenvalue weighted by atomic mass is 10.1. The molecule has 1 fully saturated rings. The fourth-order valence-corrected chi connectivity index (χ4v) is 2.52. The molecule has 2 aromatic heterocycles. The molecule has 1 aliphatic rings. The van der Waals surface area contributed by atoms with E-state index in [2.05, 4.69) is 34.1 Å². The maximum Gasteiger partial charge on any atom is 0.171 e. The largest absolute Gasteiger partial charge is 0.310 e. The Labute approximate surface area is 111 Å². The Morgan fingerprint density at radius 3 is 2.56 bits per heavy atom. The van der Waals surface area contributed by atoms with E-state index >= 15 is 0 Å². The summed E-state index contributed by atoms with van der Waals surface area (Å²) in [7, 11) is 0. The predicted octanol–water partition coefficient (Wildman–Crippen LogP) is 2.47. The molecule has 0 radical (unpaired) electrons. The highest BCUT2D eigenvalue weighted by Gasteiger charge is 2.21. The van der Waals surface area contributed by atoms with Gasteiger partial charge in [0.05, 0.1) is 10.4 Å². The van der Waals surface area contributed by atoms with Crippen LogP contribution in [0.2, 0.25) is 0 Å². The summed E-state index contributed by atoms with van der Waals surface area (Å²) in [6, 6.07) is 0.713. The van der Waals surface area contributed by atoms with Gasteiger partial charge in [0.1, 0.15) is 0 Å². The van der Waals surface area contributed by atoms with Crippen molar-refractivity contribution >= 4 is 11.3 Å². The first-order valence-corrected chi connectivity index (χ1v) is 7.08. The van der Waals surface area contributed by atoms with Crippen molar-refractivity contribution < 1.29 is 0 Å². The van der Waals surface area contributed by atoms with Crippen molar-refractivity contribution in [1.82, 2.24) is 20.3 Å². The van der Waals surface area contributed by atoms with Crippen LogP contribution in [0.15, 0.2) is 11.7 Å². The SMILES string of the molecule is Cc1nc(-c2cncs2)nc(C)c1CNC1CC1. The molecular weight excluding hydrogens is 244 g/mol. The van der Waals surface area contributed by atoms with Gasteiger partial charge in [-0.25, -0.2) is 9.97 Å². The van der Waals surface area contributed by atoms with E-state index in [1.54, 1.807) is 11.3 Å². The number of aromatic nitrogens is 3. The molecule has 0 amide bonds. The molecule has 0 atom stereocenters. The topological polar surface area (TPSA) is 50.7 Å². The molecule has 94 valence electrons. The second-order valence-electron chi connectivity index (χ2n) is 4.72. The predicted molar refractivity (Wildman–Crippen MR) is 72.5 cm³/mol. The summed E-state index contributed by atoms with van der Waals surface area (Å²) >= 11 is 1.58. The third-order valence-corrected chi connectivity index (χ3v) is 3.99. The smallest absolute Gasteiger partial charge is 0.171 e. The van der Waals surface area contributed by atoms with Crippen molar-refractivity contribution in [1.29, 1.82) is 0 Å². The molecule has 0 spiro atoms. The molecule has 1 saturated carbocycles. The normalized spacial score (nSPS) is 15.0. The lowest BCUT2D eigenvalue weighted by Gasteiger charge is -2.10. The van der Waals surface area contributed by atoms with Crippen LogP contribution >= 0.6 is 11.3 Å². The third kappa shape index (κ3) is 2.42. The van der Waals surface area contributed by atoms with Gasteiger partial charge in [0.15, 0.2) is 5.82 Å². The lowest BCUT2D eigenvalue weighted by molar-refractivity contribution is 0.675. The number of rotatable bonds is 4. The van der Waals surface area contributed by atoms with Crippen molar-refractivity contribution in [3.05, 3.63) is 28.7 Å². The molecule has 18 heavy (non-hydrogen) atoms. The first-order chi connectivity index (χ1) is 8.74. The average Bonchev–Trinajstić information content (AvgIpc) is 3.00. The second kappa shape index (κ2) is 4.74. The van der Waals surface area contributed by atoms with Crippen LogP contribution in [-0.2, 0) is 6.54 Å². The summed E-state index contributed by atoms with van der Waals surface area (Å²) in [4.78, 5) is 14.3. The van der Waals surface area contributed by atoms with Crippen LogP contribution in [0.3, 0.4) is 0 Å². The Balaban J connectivity index is 1.87. The van der Waals surface area contributed by atoms with Gasteiger partial charge in [-0.15, -0.1) is 11.3 Å². The van der Waals surface area contributed by atoms with Gasteiger partial charge in [-0.05, 0) is 26.7 Å². The van der Waals surface area contributed by atoms with Gasteiger partial charge in [0.25, 0.3) is 0 Å². The van der Waals surface area contributed by atoms with Crippen molar-refractivity contribution in [3.8, 4) is 10.7 Å². The van der Waals surface area contributed by atoms with E-state index < -0.39 is 0 Å². The van der Waals surface area contributed by atoms with Crippen molar-refractivity contribution in [2.75, 3.05) is 0 Å². The Hall–Kier alpha value is -1.33. The Morgan fingerprint density at radius 2 is 2.00 bits per heavy atom. The number of nitrogens with zero attached hydrogens (tertiary/aromatic N) is 3. The standard InChI is InChI=1S/C13H16N4S/c1-8-11(5-15-10-3-4-10)9(2)17-13(16-8)12-6-14-7-18-12/h6-7,10,15H,3-5H2,1-2H3. The highest BCUT2D eigenvalue weighted by molar-refractivity contribution is 7.13. The van der Waals surface area contributed by atoms with E-state index in [9.17, 15) is 0 Å². The highest BCUT2D eigenvalue weighted by Crippen LogP contribution is 2.23. The summed E-state index contributed by atoms with van der Waals surface area (Å²) in [5.41, 5.74) is 5.18. The van der Waals surface area contributed by atoms with Crippen LogP contribution in [-0.4, -0.2) is 21.0 Å². The highest BCUT2D eigenvalue weighted by atomic mass is 32.1. The number of nitrogens with one attached hydrogen (secondary N) is 1. The van der Waals surface area contributed by atoms with E-state index in [0.717, 1.165) is 28.6 Å². The molecule has 5 heteroatoms. The molecule has 0 aromatic carbocycles. The molecule has 0 saturated heterocycles. The zero-order chi connectivity index (χ0) is 12.5. The fraction of sp³-hybridized carbons (Fsp3) is 0.462. The van der Waals surface area contributed by atoms with Crippen LogP contribution in [0, 0.1) is 13.8 Å². The van der Waals surface area contributed by atoms with E-state index in [1.807, 2.05) is 11.7 Å². The number of hydrogen-bond donors (Lipinski definition) is 1. The maximum atomic E-state index is 4.59. The van der Waals surface area contributed by atoms with Crippen LogP contribution in [0.5, 0.6) is 0 Å². The first kappa shape index (κ1) is 11.7. The van der Waals surface area contributed by atoms with Crippen molar-refractivity contribution in [2.45, 2.75) is 39.3 Å². The monoisotopic (exact) mass is 260 g/mol. The molecule has 1 N–H and O–H groups in total. The van der Waals surface area contributed by atoms with Gasteiger partial charge < -0.3 is 5.32 Å². The van der Waals surface area contributed by atoms with E-state index in [0.29, 0.717) is 6.04 Å². The summed E-state index contributed by atoms with van der Waals surface area (Å²) in [5.74, 6) is 0.794. The number of thiazole rings is 1. The third-order valence-electron chi connectivity index (χ3n) is 3.22. The maximum absolute atomic E-state index is 4.59. The van der Waals surface area contributed by atoms with Crippen molar-refractivity contribution in [2.24, 2.45) is 0 Å². The quantitative estimate of drug-likeness (QED) is 0.917. The second-order valence-corrected chi connectivity index (χ2v) is 5.60. The Bertz CT molecular complexity index is 523. The Kier molecular flexibility index (Phi) is 3.09. The lowest BCUT2D eigenvalue weighted by Crippen LogP contribution is -2.18. The molecular formula is C13H16N4S. The summed E-state index contributed by atoms with van der Waals surface area (Å²) < 4.78 is 0. The zero-order valence-electron chi connectivity index (χ0n) is 10.6. The minimum Gasteiger partial charge on any atom is -0.310 e. The molecule has 0 aliphatic heterocycles. The zero-order valence-corrected chi connectivity index (χ0v) is 11.4. The molecule has 3 rings (SSSR count). The van der Waals surface area contributed by atoms with Crippen LogP contribution in [0.25, 0.3) is 10.7 Å². The Morgan fingerprint density at radius 1 is 1.28 bits per heavy atom. The van der Waals surface area contributed by atoms with E-state index in [-0.39, 0.29) is 0 Å². The van der Waals surface area contributed by atoms with Crippen LogP contribution in [0.1, 0.15) is 29.8 Å². The number of aryl methyl sites for hydroxylation is 2. The van der Waals surface area contributed by atoms with Crippen LogP contribution in [0.4, 0.5) is 0 Å². The summed E-state index contributed by atoms with van der Waals surface area (Å²) in [6.45, 7) is 5.00. The number of hydrogen-bond acceptors (Lipinski definition) is 5. The van der Waals surface area contributed by atoms with Gasteiger partial charge in [0.2, 0.25) is 0 Å². The summed E-state index contributed by atoms with van der Waals surface area (Å²) in [6.07, 6.45) is 4.43. The van der Waals surface area contributed by atoms with Crippen LogP contribution < -0.4 is 5.32 Å². The first-order valence-electron chi connectivity index (χ1n) is 6.20. The minimum atomic E-state index is 0.713. The van der Waals surface area contributed by atoms with Gasteiger partial charge >= 0.3 is 0 Å². The van der Waals surface area contributed by atoms with E-state index in [1.165, 1.54) is 18.4 Å². The molecule has 4 nitrogen and oxygen atoms in total. The van der Waals surface area contributed by atoms with Crippen molar-refractivity contribution in [3.63, 3.8) is 0 Å². The van der Waals surface area contributed by atoms with Gasteiger partial charge in [-0.2, -0.15) is 0 Å². The molecule has 0 bridgehead atoms. The molecule has 2 aromatic rings. The van der Waals surface area contributed by atoms with Gasteiger partial charge in [0, 0.05) is 35.7 Å². The van der Waals surface area contributed by atoms with Gasteiger partial charge in [-0.3, -0.25) is 4.98 Å². The summed E-state index contributed by atoms with van der Waals surface area (Å²) in [5, 5.41) is 3.52. The average molecular weight is 260 g/mol.